The molecule has 1 aromatic heterocycles. The number of nitrogens with one attached hydrogen (secondary N) is 1. The Morgan fingerprint density at radius 1 is 0.878 bits per heavy atom. The number of anilines is 5. The molecule has 2 saturated heterocycles. The SMILES string of the molecule is Cc1ccc(S(=O)(=O)N(Cc2ccccc2)c2ccc(Nc3nc(N4C[C@H](N)C[C@H](N)C4)nc(N4C[C@@H](N)C[C@@H]4CN)n3)cc2O)cc1.Cl. The van der Waals surface area contributed by atoms with Gasteiger partial charge < -0.3 is 43.2 Å². The summed E-state index contributed by atoms with van der Waals surface area (Å²) in [5.74, 6) is 0.795. The standard InChI is InChI=1S/C33H43N11O3S.ClH/c1-21-7-10-28(11-8-21)48(46,47)44(17-22-5-3-2-4-6-22)29-12-9-26(15-30(29)45)38-31-39-32(42-18-23(35)13-24(36)19-42)41-33(40-31)43-20-25(37)14-27(43)16-34;/h2-12,15,23-25,27,45H,13-14,16-20,34-37H2,1H3,(H,38,39,40,41);1H/t23-,24+,25-,27+;/m0./s1. The molecular formula is C33H44ClN11O3S. The molecule has 0 spiro atoms. The minimum Gasteiger partial charge on any atom is -0.506 e. The lowest BCUT2D eigenvalue weighted by Crippen LogP contribution is -2.53. The molecule has 4 aromatic rings. The zero-order chi connectivity index (χ0) is 34.0. The van der Waals surface area contributed by atoms with Crippen molar-refractivity contribution in [3.8, 4) is 5.75 Å². The van der Waals surface area contributed by atoms with Crippen LogP contribution >= 0.6 is 12.4 Å². The third-order valence-corrected chi connectivity index (χ3v) is 10.4. The number of aromatic nitrogens is 3. The molecule has 4 atom stereocenters. The Hall–Kier alpha value is -4.25. The Balaban J connectivity index is 0.00000468. The molecule has 16 heteroatoms. The molecule has 2 aliphatic heterocycles. The molecule has 0 radical (unpaired) electrons. The number of hydrogen-bond acceptors (Lipinski definition) is 13. The van der Waals surface area contributed by atoms with Crippen LogP contribution in [0.2, 0.25) is 0 Å². The third kappa shape index (κ3) is 8.15. The zero-order valence-electron chi connectivity index (χ0n) is 27.3. The first-order valence-electron chi connectivity index (χ1n) is 16.0. The van der Waals surface area contributed by atoms with E-state index < -0.39 is 10.0 Å². The van der Waals surface area contributed by atoms with Gasteiger partial charge in [-0.2, -0.15) is 15.0 Å². The van der Waals surface area contributed by atoms with E-state index in [1.165, 1.54) is 10.4 Å². The number of piperidine rings is 1. The van der Waals surface area contributed by atoms with Crippen LogP contribution in [0.3, 0.4) is 0 Å². The van der Waals surface area contributed by atoms with Gasteiger partial charge in [0, 0.05) is 62.1 Å². The van der Waals surface area contributed by atoms with Crippen molar-refractivity contribution in [2.24, 2.45) is 22.9 Å². The minimum atomic E-state index is -4.05. The van der Waals surface area contributed by atoms with E-state index in [9.17, 15) is 13.5 Å². The monoisotopic (exact) mass is 709 g/mol. The Kier molecular flexibility index (Phi) is 11.1. The van der Waals surface area contributed by atoms with E-state index in [2.05, 4.69) is 5.32 Å². The molecule has 3 heterocycles. The van der Waals surface area contributed by atoms with Crippen LogP contribution in [-0.2, 0) is 16.6 Å². The summed E-state index contributed by atoms with van der Waals surface area (Å²) >= 11 is 0. The minimum absolute atomic E-state index is 0. The highest BCUT2D eigenvalue weighted by molar-refractivity contribution is 7.92. The highest BCUT2D eigenvalue weighted by Gasteiger charge is 2.33. The molecule has 262 valence electrons. The van der Waals surface area contributed by atoms with Gasteiger partial charge in [-0.25, -0.2) is 8.42 Å². The fourth-order valence-corrected chi connectivity index (χ4v) is 7.74. The van der Waals surface area contributed by atoms with Crippen LogP contribution in [0, 0.1) is 6.92 Å². The summed E-state index contributed by atoms with van der Waals surface area (Å²) in [6.45, 7) is 3.87. The summed E-state index contributed by atoms with van der Waals surface area (Å²) in [7, 11) is -4.05. The molecule has 0 aliphatic carbocycles. The summed E-state index contributed by atoms with van der Waals surface area (Å²) in [4.78, 5) is 18.2. The van der Waals surface area contributed by atoms with E-state index in [0.717, 1.165) is 11.1 Å². The van der Waals surface area contributed by atoms with Gasteiger partial charge in [0.2, 0.25) is 17.8 Å². The molecule has 49 heavy (non-hydrogen) atoms. The van der Waals surface area contributed by atoms with Gasteiger partial charge in [-0.3, -0.25) is 4.31 Å². The number of rotatable bonds is 10. The Morgan fingerprint density at radius 3 is 2.18 bits per heavy atom. The first-order chi connectivity index (χ1) is 23.0. The largest absolute Gasteiger partial charge is 0.506 e. The topological polar surface area (TPSA) is 219 Å². The number of aromatic hydroxyl groups is 1. The quantitative estimate of drug-likeness (QED) is 0.139. The fourth-order valence-electron chi connectivity index (χ4n) is 6.27. The number of phenolic OH excluding ortho intramolecular Hbond substituents is 1. The van der Waals surface area contributed by atoms with Gasteiger partial charge >= 0.3 is 0 Å². The lowest BCUT2D eigenvalue weighted by Gasteiger charge is -2.35. The molecule has 6 rings (SSSR count). The fraction of sp³-hybridized carbons (Fsp3) is 0.364. The summed E-state index contributed by atoms with van der Waals surface area (Å²) in [5, 5.41) is 14.5. The Bertz CT molecular complexity index is 1830. The van der Waals surface area contributed by atoms with Crippen molar-refractivity contribution < 1.29 is 13.5 Å². The average molecular weight is 710 g/mol. The van der Waals surface area contributed by atoms with Crippen molar-refractivity contribution >= 4 is 51.7 Å². The van der Waals surface area contributed by atoms with Gasteiger partial charge in [0.15, 0.2) is 0 Å². The van der Waals surface area contributed by atoms with Gasteiger partial charge in [0.05, 0.1) is 17.1 Å². The van der Waals surface area contributed by atoms with E-state index in [0.29, 0.717) is 56.6 Å². The number of hydrogen-bond donors (Lipinski definition) is 6. The average Bonchev–Trinajstić information content (AvgIpc) is 3.45. The summed E-state index contributed by atoms with van der Waals surface area (Å²) < 4.78 is 29.2. The summed E-state index contributed by atoms with van der Waals surface area (Å²) in [6, 6.07) is 20.1. The van der Waals surface area contributed by atoms with Gasteiger partial charge in [0.1, 0.15) is 5.75 Å². The Labute approximate surface area is 293 Å². The molecular weight excluding hydrogens is 666 g/mol. The van der Waals surface area contributed by atoms with Crippen molar-refractivity contribution in [1.82, 2.24) is 15.0 Å². The normalized spacial score (nSPS) is 20.9. The van der Waals surface area contributed by atoms with E-state index >= 15 is 0 Å². The number of nitrogens with zero attached hydrogens (tertiary/aromatic N) is 6. The number of halogens is 1. The zero-order valence-corrected chi connectivity index (χ0v) is 28.9. The van der Waals surface area contributed by atoms with E-state index in [1.54, 1.807) is 36.4 Å². The number of aryl methyl sites for hydroxylation is 1. The van der Waals surface area contributed by atoms with Gasteiger partial charge in [0.25, 0.3) is 10.0 Å². The predicted octanol–water partition coefficient (Wildman–Crippen LogP) is 2.18. The second-order valence-corrected chi connectivity index (χ2v) is 14.5. The molecule has 0 amide bonds. The molecule has 10 N–H and O–H groups in total. The first-order valence-corrected chi connectivity index (χ1v) is 17.4. The molecule has 3 aromatic carbocycles. The van der Waals surface area contributed by atoms with E-state index in [1.807, 2.05) is 47.1 Å². The van der Waals surface area contributed by atoms with Crippen LogP contribution in [0.4, 0.5) is 29.2 Å². The molecule has 14 nitrogen and oxygen atoms in total. The molecule has 0 saturated carbocycles. The number of benzene rings is 3. The van der Waals surface area contributed by atoms with Crippen molar-refractivity contribution in [1.29, 1.82) is 0 Å². The van der Waals surface area contributed by atoms with Crippen molar-refractivity contribution in [3.05, 3.63) is 83.9 Å². The molecule has 2 fully saturated rings. The van der Waals surface area contributed by atoms with Crippen LogP contribution < -0.4 is 42.4 Å². The van der Waals surface area contributed by atoms with Crippen molar-refractivity contribution in [3.63, 3.8) is 0 Å². The number of phenols is 1. The van der Waals surface area contributed by atoms with Gasteiger partial charge in [-0.15, -0.1) is 12.4 Å². The molecule has 0 bridgehead atoms. The predicted molar refractivity (Wildman–Crippen MR) is 195 cm³/mol. The van der Waals surface area contributed by atoms with Crippen molar-refractivity contribution in [2.75, 3.05) is 45.6 Å². The second kappa shape index (κ2) is 15.1. The van der Waals surface area contributed by atoms with Crippen LogP contribution in [0.25, 0.3) is 0 Å². The summed E-state index contributed by atoms with van der Waals surface area (Å²) in [5.41, 5.74) is 27.2. The van der Waals surface area contributed by atoms with Crippen LogP contribution in [0.5, 0.6) is 5.75 Å². The highest BCUT2D eigenvalue weighted by atomic mass is 35.5. The second-order valence-electron chi connectivity index (χ2n) is 12.6. The lowest BCUT2D eigenvalue weighted by molar-refractivity contribution is 0.447. The lowest BCUT2D eigenvalue weighted by atomic mass is 10.0. The molecule has 2 aliphatic rings. The smallest absolute Gasteiger partial charge is 0.264 e. The summed E-state index contributed by atoms with van der Waals surface area (Å²) in [6.07, 6.45) is 1.41. The maximum absolute atomic E-state index is 14.0. The van der Waals surface area contributed by atoms with Crippen LogP contribution in [-0.4, -0.2) is 78.8 Å². The first kappa shape index (κ1) is 36.0. The number of sulfonamides is 1. The maximum Gasteiger partial charge on any atom is 0.264 e. The van der Waals surface area contributed by atoms with Gasteiger partial charge in [-0.05, 0) is 49.6 Å². The number of nitrogens with two attached hydrogens (primary N) is 4. The van der Waals surface area contributed by atoms with Crippen LogP contribution in [0.1, 0.15) is 24.0 Å². The molecule has 0 unspecified atom stereocenters. The van der Waals surface area contributed by atoms with Gasteiger partial charge in [-0.1, -0.05) is 48.0 Å². The van der Waals surface area contributed by atoms with E-state index in [-0.39, 0.29) is 65.4 Å². The van der Waals surface area contributed by atoms with Crippen LogP contribution in [0.15, 0.2) is 77.7 Å². The van der Waals surface area contributed by atoms with E-state index in [4.69, 9.17) is 37.9 Å². The third-order valence-electron chi connectivity index (χ3n) is 8.66. The highest BCUT2D eigenvalue weighted by Crippen LogP contribution is 2.36. The Morgan fingerprint density at radius 2 is 1.53 bits per heavy atom. The maximum atomic E-state index is 14.0. The van der Waals surface area contributed by atoms with Crippen molar-refractivity contribution in [2.45, 2.75) is 55.4 Å².